The molecule has 3 aromatic rings. The summed E-state index contributed by atoms with van der Waals surface area (Å²) in [5, 5.41) is 4.49. The van der Waals surface area contributed by atoms with Gasteiger partial charge in [-0.25, -0.2) is 4.39 Å². The maximum Gasteiger partial charge on any atom is 0.135 e. The first-order chi connectivity index (χ1) is 9.67. The van der Waals surface area contributed by atoms with Crippen LogP contribution in [-0.4, -0.2) is 7.05 Å². The third kappa shape index (κ3) is 2.42. The lowest BCUT2D eigenvalue weighted by atomic mass is 10.1. The van der Waals surface area contributed by atoms with Crippen molar-refractivity contribution in [3.05, 3.63) is 58.9 Å². The largest absolute Gasteiger partial charge is 0.456 e. The summed E-state index contributed by atoms with van der Waals surface area (Å²) in [5.74, 6) is 0.413. The van der Waals surface area contributed by atoms with Gasteiger partial charge >= 0.3 is 0 Å². The van der Waals surface area contributed by atoms with Gasteiger partial charge in [-0.2, -0.15) is 0 Å². The molecule has 0 amide bonds. The standard InChI is InChI=1S/C16H13ClFNO/c1-19-9-11-3-2-10(7-14(11)17)16-8-12-6-13(18)4-5-15(12)20-16/h2-8,19H,9H2,1H3. The van der Waals surface area contributed by atoms with Crippen LogP contribution in [0.15, 0.2) is 46.9 Å². The van der Waals surface area contributed by atoms with Gasteiger partial charge in [-0.15, -0.1) is 0 Å². The van der Waals surface area contributed by atoms with Gasteiger partial charge in [0.2, 0.25) is 0 Å². The van der Waals surface area contributed by atoms with Crippen molar-refractivity contribution in [2.24, 2.45) is 0 Å². The summed E-state index contributed by atoms with van der Waals surface area (Å²) in [6, 6.07) is 12.1. The highest BCUT2D eigenvalue weighted by atomic mass is 35.5. The second kappa shape index (κ2) is 5.27. The number of rotatable bonds is 3. The first-order valence-corrected chi connectivity index (χ1v) is 6.67. The molecule has 0 saturated heterocycles. The number of halogens is 2. The minimum Gasteiger partial charge on any atom is -0.456 e. The van der Waals surface area contributed by atoms with E-state index < -0.39 is 0 Å². The third-order valence-corrected chi connectivity index (χ3v) is 3.54. The van der Waals surface area contributed by atoms with Crippen LogP contribution in [0.2, 0.25) is 5.02 Å². The van der Waals surface area contributed by atoms with Crippen LogP contribution in [0.4, 0.5) is 4.39 Å². The summed E-state index contributed by atoms with van der Waals surface area (Å²) >= 11 is 6.24. The van der Waals surface area contributed by atoms with E-state index in [0.29, 0.717) is 22.9 Å². The Hall–Kier alpha value is -1.84. The van der Waals surface area contributed by atoms with Gasteiger partial charge in [0.15, 0.2) is 0 Å². The molecule has 1 heterocycles. The van der Waals surface area contributed by atoms with Crippen molar-refractivity contribution in [1.82, 2.24) is 5.32 Å². The second-order valence-electron chi connectivity index (χ2n) is 4.63. The molecule has 0 unspecified atom stereocenters. The van der Waals surface area contributed by atoms with Gasteiger partial charge < -0.3 is 9.73 Å². The van der Waals surface area contributed by atoms with Gasteiger partial charge in [0.05, 0.1) is 0 Å². The first-order valence-electron chi connectivity index (χ1n) is 6.30. The van der Waals surface area contributed by atoms with Crippen LogP contribution in [-0.2, 0) is 6.54 Å². The second-order valence-corrected chi connectivity index (χ2v) is 5.04. The quantitative estimate of drug-likeness (QED) is 0.761. The number of hydrogen-bond donors (Lipinski definition) is 1. The highest BCUT2D eigenvalue weighted by Gasteiger charge is 2.09. The molecule has 0 saturated carbocycles. The fourth-order valence-electron chi connectivity index (χ4n) is 2.19. The Morgan fingerprint density at radius 2 is 2.00 bits per heavy atom. The Kier molecular flexibility index (Phi) is 3.47. The highest BCUT2D eigenvalue weighted by molar-refractivity contribution is 6.31. The molecule has 0 bridgehead atoms. The van der Waals surface area contributed by atoms with Crippen LogP contribution in [0.3, 0.4) is 0 Å². The molecule has 2 nitrogen and oxygen atoms in total. The minimum absolute atomic E-state index is 0.271. The van der Waals surface area contributed by atoms with E-state index >= 15 is 0 Å². The molecule has 1 N–H and O–H groups in total. The van der Waals surface area contributed by atoms with Gasteiger partial charge in [0, 0.05) is 22.5 Å². The first kappa shape index (κ1) is 13.2. The van der Waals surface area contributed by atoms with Crippen LogP contribution < -0.4 is 5.32 Å². The molecule has 0 atom stereocenters. The summed E-state index contributed by atoms with van der Waals surface area (Å²) in [7, 11) is 1.87. The van der Waals surface area contributed by atoms with Crippen molar-refractivity contribution in [2.45, 2.75) is 6.54 Å². The zero-order valence-electron chi connectivity index (χ0n) is 10.9. The summed E-state index contributed by atoms with van der Waals surface area (Å²) < 4.78 is 18.9. The van der Waals surface area contributed by atoms with E-state index in [1.165, 1.54) is 12.1 Å². The van der Waals surface area contributed by atoms with Gasteiger partial charge in [-0.3, -0.25) is 0 Å². The van der Waals surface area contributed by atoms with Crippen molar-refractivity contribution < 1.29 is 8.81 Å². The van der Waals surface area contributed by atoms with E-state index in [-0.39, 0.29) is 5.82 Å². The molecule has 0 aliphatic heterocycles. The van der Waals surface area contributed by atoms with E-state index in [1.54, 1.807) is 6.07 Å². The SMILES string of the molecule is CNCc1ccc(-c2cc3cc(F)ccc3o2)cc1Cl. The maximum atomic E-state index is 13.2. The number of hydrogen-bond acceptors (Lipinski definition) is 2. The van der Waals surface area contributed by atoms with E-state index in [4.69, 9.17) is 16.0 Å². The van der Waals surface area contributed by atoms with Crippen LogP contribution in [0, 0.1) is 5.82 Å². The molecular formula is C16H13ClFNO. The number of benzene rings is 2. The van der Waals surface area contributed by atoms with E-state index in [2.05, 4.69) is 5.32 Å². The molecule has 0 aliphatic carbocycles. The predicted molar refractivity (Wildman–Crippen MR) is 79.4 cm³/mol. The summed E-state index contributed by atoms with van der Waals surface area (Å²) in [6.45, 7) is 0.713. The fraction of sp³-hybridized carbons (Fsp3) is 0.125. The lowest BCUT2D eigenvalue weighted by Gasteiger charge is -2.05. The monoisotopic (exact) mass is 289 g/mol. The van der Waals surface area contributed by atoms with Crippen molar-refractivity contribution in [3.63, 3.8) is 0 Å². The van der Waals surface area contributed by atoms with Crippen molar-refractivity contribution >= 4 is 22.6 Å². The average Bonchev–Trinajstić information content (AvgIpc) is 2.84. The number of fused-ring (bicyclic) bond motifs is 1. The zero-order valence-corrected chi connectivity index (χ0v) is 11.7. The van der Waals surface area contributed by atoms with Gasteiger partial charge in [0.1, 0.15) is 17.2 Å². The average molecular weight is 290 g/mol. The molecule has 4 heteroatoms. The Bertz CT molecular complexity index is 766. The van der Waals surface area contributed by atoms with Crippen LogP contribution >= 0.6 is 11.6 Å². The molecule has 0 aliphatic rings. The van der Waals surface area contributed by atoms with Crippen molar-refractivity contribution in [3.8, 4) is 11.3 Å². The molecule has 102 valence electrons. The maximum absolute atomic E-state index is 13.2. The molecule has 1 aromatic heterocycles. The Morgan fingerprint density at radius 3 is 2.75 bits per heavy atom. The lowest BCUT2D eigenvalue weighted by Crippen LogP contribution is -2.05. The summed E-state index contributed by atoms with van der Waals surface area (Å²) in [6.07, 6.45) is 0. The summed E-state index contributed by atoms with van der Waals surface area (Å²) in [4.78, 5) is 0. The lowest BCUT2D eigenvalue weighted by molar-refractivity contribution is 0.619. The zero-order chi connectivity index (χ0) is 14.1. The molecule has 20 heavy (non-hydrogen) atoms. The molecule has 0 spiro atoms. The molecular weight excluding hydrogens is 277 g/mol. The third-order valence-electron chi connectivity index (χ3n) is 3.18. The minimum atomic E-state index is -0.271. The van der Waals surface area contributed by atoms with Gasteiger partial charge in [0.25, 0.3) is 0 Å². The van der Waals surface area contributed by atoms with E-state index in [0.717, 1.165) is 16.5 Å². The summed E-state index contributed by atoms with van der Waals surface area (Å²) in [5.41, 5.74) is 2.57. The molecule has 3 rings (SSSR count). The van der Waals surface area contributed by atoms with Crippen molar-refractivity contribution in [1.29, 1.82) is 0 Å². The van der Waals surface area contributed by atoms with Crippen LogP contribution in [0.25, 0.3) is 22.3 Å². The molecule has 0 fully saturated rings. The van der Waals surface area contributed by atoms with Crippen LogP contribution in [0.1, 0.15) is 5.56 Å². The Morgan fingerprint density at radius 1 is 1.15 bits per heavy atom. The fourth-order valence-corrected chi connectivity index (χ4v) is 2.44. The molecule has 0 radical (unpaired) electrons. The van der Waals surface area contributed by atoms with Crippen molar-refractivity contribution in [2.75, 3.05) is 7.05 Å². The van der Waals surface area contributed by atoms with E-state index in [1.807, 2.05) is 31.3 Å². The van der Waals surface area contributed by atoms with Gasteiger partial charge in [-0.05, 0) is 42.9 Å². The topological polar surface area (TPSA) is 25.2 Å². The Balaban J connectivity index is 2.04. The van der Waals surface area contributed by atoms with Gasteiger partial charge in [-0.1, -0.05) is 23.7 Å². The van der Waals surface area contributed by atoms with E-state index in [9.17, 15) is 4.39 Å². The number of furan rings is 1. The smallest absolute Gasteiger partial charge is 0.135 e. The number of nitrogens with one attached hydrogen (secondary N) is 1. The Labute approximate surface area is 121 Å². The highest BCUT2D eigenvalue weighted by Crippen LogP contribution is 2.30. The normalized spacial score (nSPS) is 11.2. The van der Waals surface area contributed by atoms with Crippen LogP contribution in [0.5, 0.6) is 0 Å². The predicted octanol–water partition coefficient (Wildman–Crippen LogP) is 4.61. The molecule has 2 aromatic carbocycles.